The first-order valence-corrected chi connectivity index (χ1v) is 17.4. The Morgan fingerprint density at radius 1 is 0.943 bits per heavy atom. The number of likely N-dealkylation sites (N-methyl/N-ethyl adjacent to an activating group) is 1. The number of urea groups is 1. The summed E-state index contributed by atoms with van der Waals surface area (Å²) in [5.41, 5.74) is 2.38. The van der Waals surface area contributed by atoms with E-state index in [9.17, 15) is 23.6 Å². The molecule has 2 saturated heterocycles. The quantitative estimate of drug-likeness (QED) is 0.214. The Labute approximate surface area is 308 Å². The van der Waals surface area contributed by atoms with Crippen LogP contribution in [0.15, 0.2) is 91.0 Å². The number of carbonyl (C=O) groups is 4. The Balaban J connectivity index is 1.25. The van der Waals surface area contributed by atoms with Crippen LogP contribution in [0.5, 0.6) is 5.75 Å². The zero-order chi connectivity index (χ0) is 37.5. The van der Waals surface area contributed by atoms with E-state index in [1.807, 2.05) is 61.5 Å². The highest BCUT2D eigenvalue weighted by Crippen LogP contribution is 2.31. The first-order valence-electron chi connectivity index (χ1n) is 17.4. The Morgan fingerprint density at radius 3 is 2.40 bits per heavy atom. The molecule has 0 aromatic heterocycles. The lowest BCUT2D eigenvalue weighted by Gasteiger charge is -2.46. The number of benzene rings is 4. The van der Waals surface area contributed by atoms with Crippen molar-refractivity contribution in [1.29, 1.82) is 0 Å². The number of terminal acetylenes is 1. The topological polar surface area (TPSA) is 118 Å². The second kappa shape index (κ2) is 16.6. The minimum Gasteiger partial charge on any atom is -0.410 e. The molecule has 0 radical (unpaired) electrons. The Hall–Kier alpha value is -5.97. The fourth-order valence-corrected chi connectivity index (χ4v) is 6.70. The van der Waals surface area contributed by atoms with Gasteiger partial charge >= 0.3 is 12.1 Å². The van der Waals surface area contributed by atoms with E-state index >= 15 is 0 Å². The van der Waals surface area contributed by atoms with Crippen LogP contribution in [0.1, 0.15) is 16.7 Å². The molecule has 274 valence electrons. The zero-order valence-corrected chi connectivity index (χ0v) is 29.7. The van der Waals surface area contributed by atoms with Gasteiger partial charge in [-0.25, -0.2) is 19.0 Å². The summed E-state index contributed by atoms with van der Waals surface area (Å²) in [5, 5.41) is 10.5. The molecule has 2 atom stereocenters. The molecule has 0 aliphatic carbocycles. The van der Waals surface area contributed by atoms with Crippen LogP contribution < -0.4 is 15.4 Å². The number of piperazine rings is 1. The molecule has 2 aliphatic heterocycles. The van der Waals surface area contributed by atoms with Crippen LogP contribution in [0.25, 0.3) is 10.8 Å². The predicted molar refractivity (Wildman–Crippen MR) is 197 cm³/mol. The number of ether oxygens (including phenoxy) is 1. The van der Waals surface area contributed by atoms with Gasteiger partial charge < -0.3 is 30.1 Å². The molecule has 0 saturated carbocycles. The molecule has 0 spiro atoms. The van der Waals surface area contributed by atoms with Crippen LogP contribution >= 0.6 is 0 Å². The molecule has 6 rings (SSSR count). The fourth-order valence-electron chi connectivity index (χ4n) is 6.70. The van der Waals surface area contributed by atoms with E-state index in [4.69, 9.17) is 11.2 Å². The van der Waals surface area contributed by atoms with Crippen LogP contribution in [0.3, 0.4) is 0 Å². The predicted octanol–water partition coefficient (Wildman–Crippen LogP) is 3.81. The van der Waals surface area contributed by atoms with Gasteiger partial charge in [-0.2, -0.15) is 5.01 Å². The third kappa shape index (κ3) is 8.74. The SMILES string of the molecule is C#CCN(C(=O)NCc1ccc(F)cc1)N1CC(=O)N2[C@@H](Cc3ccc(OC(=O)NCCN(C)C)cc3)C(=O)N(Cc3cccc4ccccc34)C[C@@H]21. The fraction of sp³-hybridized carbons (Fsp3) is 0.300. The van der Waals surface area contributed by atoms with Crippen LogP contribution in [0.2, 0.25) is 0 Å². The summed E-state index contributed by atoms with van der Waals surface area (Å²) in [5.74, 6) is 1.93. The summed E-state index contributed by atoms with van der Waals surface area (Å²) in [6.45, 7) is 1.32. The van der Waals surface area contributed by atoms with Crippen molar-refractivity contribution in [3.63, 3.8) is 0 Å². The molecule has 0 unspecified atom stereocenters. The minimum atomic E-state index is -0.891. The largest absolute Gasteiger partial charge is 0.412 e. The molecule has 12 nitrogen and oxygen atoms in total. The molecule has 53 heavy (non-hydrogen) atoms. The van der Waals surface area contributed by atoms with Crippen LogP contribution in [0.4, 0.5) is 14.0 Å². The maximum Gasteiger partial charge on any atom is 0.412 e. The second-order valence-corrected chi connectivity index (χ2v) is 13.3. The highest BCUT2D eigenvalue weighted by atomic mass is 19.1. The number of nitrogens with zero attached hydrogens (tertiary/aromatic N) is 5. The molecule has 2 fully saturated rings. The van der Waals surface area contributed by atoms with Gasteiger partial charge in [-0.05, 0) is 65.8 Å². The number of hydrazine groups is 1. The molecule has 0 bridgehead atoms. The summed E-state index contributed by atoms with van der Waals surface area (Å²) in [6.07, 6.45) is 4.65. The number of carbonyl (C=O) groups excluding carboxylic acids is 4. The molecule has 5 amide bonds. The zero-order valence-electron chi connectivity index (χ0n) is 29.7. The normalized spacial score (nSPS) is 17.1. The van der Waals surface area contributed by atoms with Gasteiger partial charge in [-0.15, -0.1) is 6.42 Å². The van der Waals surface area contributed by atoms with Crippen molar-refractivity contribution in [3.8, 4) is 18.1 Å². The average molecular weight is 720 g/mol. The average Bonchev–Trinajstić information content (AvgIpc) is 3.47. The maximum atomic E-state index is 14.4. The summed E-state index contributed by atoms with van der Waals surface area (Å²) in [4.78, 5) is 59.4. The van der Waals surface area contributed by atoms with Crippen molar-refractivity contribution in [2.45, 2.75) is 31.7 Å². The second-order valence-electron chi connectivity index (χ2n) is 13.3. The van der Waals surface area contributed by atoms with Gasteiger partial charge in [0.25, 0.3) is 0 Å². The molecule has 4 aromatic rings. The lowest BCUT2D eigenvalue weighted by atomic mass is 9.99. The van der Waals surface area contributed by atoms with Gasteiger partial charge in [-0.1, -0.05) is 72.7 Å². The summed E-state index contributed by atoms with van der Waals surface area (Å²) in [7, 11) is 3.81. The van der Waals surface area contributed by atoms with E-state index in [-0.39, 0.29) is 56.8 Å². The van der Waals surface area contributed by atoms with E-state index in [2.05, 4.69) is 16.6 Å². The van der Waals surface area contributed by atoms with Crippen molar-refractivity contribution in [1.82, 2.24) is 35.4 Å². The highest BCUT2D eigenvalue weighted by molar-refractivity contribution is 5.92. The number of halogens is 1. The number of hydrogen-bond donors (Lipinski definition) is 2. The first-order chi connectivity index (χ1) is 25.6. The van der Waals surface area contributed by atoms with Gasteiger partial charge in [-0.3, -0.25) is 9.59 Å². The minimum absolute atomic E-state index is 0.113. The third-order valence-corrected chi connectivity index (χ3v) is 9.34. The number of nitrogens with one attached hydrogen (secondary N) is 2. The molecular weight excluding hydrogens is 677 g/mol. The first kappa shape index (κ1) is 36.8. The van der Waals surface area contributed by atoms with Crippen molar-refractivity contribution in [2.24, 2.45) is 0 Å². The van der Waals surface area contributed by atoms with Gasteiger partial charge in [0.1, 0.15) is 23.8 Å². The van der Waals surface area contributed by atoms with Crippen LogP contribution in [0, 0.1) is 18.2 Å². The molecule has 2 heterocycles. The number of amides is 5. The molecule has 13 heteroatoms. The van der Waals surface area contributed by atoms with Gasteiger partial charge in [0.05, 0.1) is 19.6 Å². The van der Waals surface area contributed by atoms with E-state index in [0.717, 1.165) is 21.9 Å². The standard InChI is InChI=1S/C40H42FN7O5/c1-4-21-46(39(51)43-24-29-12-16-32(41)17-13-29)47-27-37(49)48-35(23-28-14-18-33(19-15-28)53-40(52)42-20-22-44(2)3)38(50)45(26-36(47)48)25-31-10-7-9-30-8-5-6-11-34(30)31/h1,5-19,35-36H,20-27H2,2-3H3,(H,42,52)(H,43,51)/t35-,36+/m0/s1. The lowest BCUT2D eigenvalue weighted by Crippen LogP contribution is -2.66. The van der Waals surface area contributed by atoms with Crippen molar-refractivity contribution in [3.05, 3.63) is 114 Å². The number of fused-ring (bicyclic) bond motifs is 2. The third-order valence-electron chi connectivity index (χ3n) is 9.34. The maximum absolute atomic E-state index is 14.4. The Kier molecular flexibility index (Phi) is 11.5. The van der Waals surface area contributed by atoms with E-state index in [0.29, 0.717) is 24.4 Å². The molecular formula is C40H42FN7O5. The van der Waals surface area contributed by atoms with Crippen LogP contribution in [-0.4, -0.2) is 108 Å². The summed E-state index contributed by atoms with van der Waals surface area (Å²) >= 11 is 0. The van der Waals surface area contributed by atoms with Crippen molar-refractivity contribution < 1.29 is 28.3 Å². The summed E-state index contributed by atoms with van der Waals surface area (Å²) in [6, 6.07) is 25.1. The smallest absolute Gasteiger partial charge is 0.410 e. The Morgan fingerprint density at radius 2 is 1.66 bits per heavy atom. The lowest BCUT2D eigenvalue weighted by molar-refractivity contribution is -0.157. The van der Waals surface area contributed by atoms with Gasteiger partial charge in [0, 0.05) is 32.6 Å². The molecule has 4 aromatic carbocycles. The summed E-state index contributed by atoms with van der Waals surface area (Å²) < 4.78 is 18.9. The molecule has 2 aliphatic rings. The molecule has 2 N–H and O–H groups in total. The van der Waals surface area contributed by atoms with Crippen molar-refractivity contribution in [2.75, 3.05) is 46.8 Å². The number of hydrogen-bond acceptors (Lipinski definition) is 7. The van der Waals surface area contributed by atoms with Gasteiger partial charge in [0.15, 0.2) is 0 Å². The Bertz CT molecular complexity index is 1990. The monoisotopic (exact) mass is 719 g/mol. The van der Waals surface area contributed by atoms with Gasteiger partial charge in [0.2, 0.25) is 11.8 Å². The van der Waals surface area contributed by atoms with E-state index in [1.54, 1.807) is 51.2 Å². The van der Waals surface area contributed by atoms with Crippen molar-refractivity contribution >= 4 is 34.7 Å². The number of rotatable bonds is 12. The van der Waals surface area contributed by atoms with E-state index < -0.39 is 24.3 Å². The highest BCUT2D eigenvalue weighted by Gasteiger charge is 2.52. The van der Waals surface area contributed by atoms with E-state index in [1.165, 1.54) is 17.1 Å². The van der Waals surface area contributed by atoms with Crippen LogP contribution in [-0.2, 0) is 29.1 Å².